The van der Waals surface area contributed by atoms with Crippen molar-refractivity contribution in [3.05, 3.63) is 30.3 Å². The van der Waals surface area contributed by atoms with Crippen LogP contribution in [0.4, 0.5) is 4.79 Å². The number of hydrogen-bond donors (Lipinski definition) is 1. The van der Waals surface area contributed by atoms with E-state index in [9.17, 15) is 4.79 Å². The van der Waals surface area contributed by atoms with E-state index in [0.717, 1.165) is 4.90 Å². The van der Waals surface area contributed by atoms with Crippen LogP contribution < -0.4 is 5.32 Å². The van der Waals surface area contributed by atoms with Crippen LogP contribution in [0.15, 0.2) is 35.2 Å². The summed E-state index contributed by atoms with van der Waals surface area (Å²) >= 11 is 1.22. The predicted octanol–water partition coefficient (Wildman–Crippen LogP) is 2.51. The summed E-state index contributed by atoms with van der Waals surface area (Å²) in [5.74, 6) is 0. The van der Waals surface area contributed by atoms with Crippen molar-refractivity contribution >= 4 is 17.0 Å². The summed E-state index contributed by atoms with van der Waals surface area (Å²) in [5.41, 5.74) is 0. The van der Waals surface area contributed by atoms with Crippen LogP contribution in [0.3, 0.4) is 0 Å². The van der Waals surface area contributed by atoms with Gasteiger partial charge in [0, 0.05) is 11.4 Å². The molecule has 0 radical (unpaired) electrons. The van der Waals surface area contributed by atoms with Crippen LogP contribution in [-0.2, 0) is 0 Å². The van der Waals surface area contributed by atoms with Crippen LogP contribution in [0.5, 0.6) is 0 Å². The van der Waals surface area contributed by atoms with E-state index in [-0.39, 0.29) is 5.24 Å². The van der Waals surface area contributed by atoms with Gasteiger partial charge in [0.15, 0.2) is 0 Å². The van der Waals surface area contributed by atoms with Gasteiger partial charge in [-0.05, 0) is 30.8 Å². The van der Waals surface area contributed by atoms with Gasteiger partial charge in [-0.15, -0.1) is 0 Å². The molecule has 0 atom stereocenters. The molecule has 1 rings (SSSR count). The standard InChI is InChI=1S/C9H11NOS/c1-2-10-9(11)12-8-6-4-3-5-7-8/h3-7H,2H2,1H3,(H,10,11). The Labute approximate surface area is 76.4 Å². The molecule has 12 heavy (non-hydrogen) atoms. The molecule has 0 aliphatic heterocycles. The molecule has 2 nitrogen and oxygen atoms in total. The molecular weight excluding hydrogens is 170 g/mol. The van der Waals surface area contributed by atoms with Crippen molar-refractivity contribution in [3.63, 3.8) is 0 Å². The molecule has 0 saturated heterocycles. The summed E-state index contributed by atoms with van der Waals surface area (Å²) in [6.07, 6.45) is 0. The van der Waals surface area contributed by atoms with E-state index in [1.165, 1.54) is 11.8 Å². The van der Waals surface area contributed by atoms with Gasteiger partial charge < -0.3 is 5.32 Å². The third-order valence-corrected chi connectivity index (χ3v) is 2.11. The number of hydrogen-bond acceptors (Lipinski definition) is 2. The fourth-order valence-corrected chi connectivity index (χ4v) is 1.50. The molecule has 0 unspecified atom stereocenters. The Morgan fingerprint density at radius 3 is 2.67 bits per heavy atom. The Hall–Kier alpha value is -0.960. The third kappa shape index (κ3) is 2.96. The van der Waals surface area contributed by atoms with Crippen LogP contribution in [0.1, 0.15) is 6.92 Å². The minimum absolute atomic E-state index is 0.00343. The number of carbonyl (C=O) groups excluding carboxylic acids is 1. The highest BCUT2D eigenvalue weighted by Crippen LogP contribution is 2.16. The first-order valence-electron chi connectivity index (χ1n) is 3.83. The second kappa shape index (κ2) is 4.83. The van der Waals surface area contributed by atoms with E-state index in [2.05, 4.69) is 5.32 Å². The molecule has 1 amide bonds. The van der Waals surface area contributed by atoms with E-state index in [1.54, 1.807) is 0 Å². The molecule has 0 bridgehead atoms. The van der Waals surface area contributed by atoms with Gasteiger partial charge in [-0.3, -0.25) is 4.79 Å². The largest absolute Gasteiger partial charge is 0.347 e. The highest BCUT2D eigenvalue weighted by Gasteiger charge is 2.00. The molecule has 1 aromatic rings. The van der Waals surface area contributed by atoms with Gasteiger partial charge in [0.2, 0.25) is 0 Å². The molecular formula is C9H11NOS. The van der Waals surface area contributed by atoms with Crippen LogP contribution in [0.25, 0.3) is 0 Å². The fourth-order valence-electron chi connectivity index (χ4n) is 0.776. The Balaban J connectivity index is 2.47. The fraction of sp³-hybridized carbons (Fsp3) is 0.222. The molecule has 0 aromatic heterocycles. The maximum Gasteiger partial charge on any atom is 0.283 e. The zero-order chi connectivity index (χ0) is 8.81. The number of benzene rings is 1. The minimum atomic E-state index is 0.00343. The highest BCUT2D eigenvalue weighted by atomic mass is 32.2. The number of carbonyl (C=O) groups is 1. The molecule has 1 N–H and O–H groups in total. The number of amides is 1. The molecule has 1 aromatic carbocycles. The number of nitrogens with one attached hydrogen (secondary N) is 1. The topological polar surface area (TPSA) is 29.1 Å². The van der Waals surface area contributed by atoms with Gasteiger partial charge in [0.1, 0.15) is 0 Å². The summed E-state index contributed by atoms with van der Waals surface area (Å²) in [4.78, 5) is 12.0. The average Bonchev–Trinajstić information content (AvgIpc) is 2.06. The monoisotopic (exact) mass is 181 g/mol. The lowest BCUT2D eigenvalue weighted by Gasteiger charge is -1.99. The molecule has 0 spiro atoms. The summed E-state index contributed by atoms with van der Waals surface area (Å²) in [6.45, 7) is 2.59. The average molecular weight is 181 g/mol. The van der Waals surface area contributed by atoms with Gasteiger partial charge >= 0.3 is 0 Å². The van der Waals surface area contributed by atoms with Crippen molar-refractivity contribution in [3.8, 4) is 0 Å². The van der Waals surface area contributed by atoms with Gasteiger partial charge in [0.05, 0.1) is 0 Å². The highest BCUT2D eigenvalue weighted by molar-refractivity contribution is 8.13. The summed E-state index contributed by atoms with van der Waals surface area (Å²) < 4.78 is 0. The molecule has 0 saturated carbocycles. The first kappa shape index (κ1) is 9.13. The molecule has 0 fully saturated rings. The van der Waals surface area contributed by atoms with E-state index in [0.29, 0.717) is 6.54 Å². The van der Waals surface area contributed by atoms with E-state index >= 15 is 0 Å². The van der Waals surface area contributed by atoms with Crippen LogP contribution in [0, 0.1) is 0 Å². The van der Waals surface area contributed by atoms with Crippen LogP contribution in [-0.4, -0.2) is 11.8 Å². The lowest BCUT2D eigenvalue weighted by molar-refractivity contribution is 0.261. The molecule has 0 aliphatic carbocycles. The predicted molar refractivity (Wildman–Crippen MR) is 51.4 cm³/mol. The van der Waals surface area contributed by atoms with Gasteiger partial charge in [0.25, 0.3) is 5.24 Å². The second-order valence-corrected chi connectivity index (χ2v) is 3.28. The second-order valence-electron chi connectivity index (χ2n) is 2.23. The van der Waals surface area contributed by atoms with Gasteiger partial charge in [-0.2, -0.15) is 0 Å². The van der Waals surface area contributed by atoms with Crippen LogP contribution >= 0.6 is 11.8 Å². The molecule has 0 heterocycles. The first-order valence-corrected chi connectivity index (χ1v) is 4.65. The summed E-state index contributed by atoms with van der Waals surface area (Å²) in [7, 11) is 0. The van der Waals surface area contributed by atoms with Crippen molar-refractivity contribution in [2.45, 2.75) is 11.8 Å². The summed E-state index contributed by atoms with van der Waals surface area (Å²) in [5, 5.41) is 2.72. The first-order chi connectivity index (χ1) is 5.83. The van der Waals surface area contributed by atoms with E-state index < -0.39 is 0 Å². The lowest BCUT2D eigenvalue weighted by atomic mass is 10.4. The molecule has 0 aliphatic rings. The SMILES string of the molecule is CCNC(=O)Sc1ccccc1. The zero-order valence-corrected chi connectivity index (χ0v) is 7.73. The molecule has 3 heteroatoms. The number of rotatable bonds is 2. The van der Waals surface area contributed by atoms with Crippen molar-refractivity contribution in [1.29, 1.82) is 0 Å². The van der Waals surface area contributed by atoms with E-state index in [4.69, 9.17) is 0 Å². The normalized spacial score (nSPS) is 9.42. The quantitative estimate of drug-likeness (QED) is 0.710. The van der Waals surface area contributed by atoms with Crippen LogP contribution in [0.2, 0.25) is 0 Å². The Morgan fingerprint density at radius 2 is 2.08 bits per heavy atom. The minimum Gasteiger partial charge on any atom is -0.347 e. The maximum atomic E-state index is 11.1. The van der Waals surface area contributed by atoms with Crippen molar-refractivity contribution in [2.75, 3.05) is 6.54 Å². The van der Waals surface area contributed by atoms with Gasteiger partial charge in [-0.25, -0.2) is 0 Å². The number of thioether (sulfide) groups is 1. The van der Waals surface area contributed by atoms with Crippen molar-refractivity contribution < 1.29 is 4.79 Å². The Morgan fingerprint density at radius 1 is 1.42 bits per heavy atom. The van der Waals surface area contributed by atoms with Crippen molar-refractivity contribution in [2.24, 2.45) is 0 Å². The lowest BCUT2D eigenvalue weighted by Crippen LogP contribution is -2.16. The van der Waals surface area contributed by atoms with Gasteiger partial charge in [-0.1, -0.05) is 18.2 Å². The maximum absolute atomic E-state index is 11.1. The molecule has 64 valence electrons. The Kier molecular flexibility index (Phi) is 3.67. The third-order valence-electron chi connectivity index (χ3n) is 1.27. The zero-order valence-electron chi connectivity index (χ0n) is 6.91. The Bertz CT molecular complexity index is 248. The summed E-state index contributed by atoms with van der Waals surface area (Å²) in [6, 6.07) is 9.60. The van der Waals surface area contributed by atoms with E-state index in [1.807, 2.05) is 37.3 Å². The van der Waals surface area contributed by atoms with Crippen molar-refractivity contribution in [1.82, 2.24) is 5.32 Å². The smallest absolute Gasteiger partial charge is 0.283 e.